The Morgan fingerprint density at radius 3 is 2.62 bits per heavy atom. The number of nitrogens with zero attached hydrogens (tertiary/aromatic N) is 1. The van der Waals surface area contributed by atoms with Crippen LogP contribution in [0.5, 0.6) is 0 Å². The van der Waals surface area contributed by atoms with E-state index in [1.54, 1.807) is 19.9 Å². The van der Waals surface area contributed by atoms with Crippen LogP contribution in [0.25, 0.3) is 0 Å². The average Bonchev–Trinajstić information content (AvgIpc) is 2.94. The summed E-state index contributed by atoms with van der Waals surface area (Å²) >= 11 is 1.30. The highest BCUT2D eigenvalue weighted by Crippen LogP contribution is 2.28. The topological polar surface area (TPSA) is 86.9 Å². The maximum absolute atomic E-state index is 12.5. The number of sulfonamides is 1. The van der Waals surface area contributed by atoms with E-state index < -0.39 is 10.0 Å². The van der Waals surface area contributed by atoms with E-state index in [0.717, 1.165) is 17.0 Å². The van der Waals surface area contributed by atoms with Gasteiger partial charge in [0.15, 0.2) is 0 Å². The predicted octanol–water partition coefficient (Wildman–Crippen LogP) is 2.31. The van der Waals surface area contributed by atoms with Gasteiger partial charge in [-0.1, -0.05) is 6.92 Å². The third-order valence-electron chi connectivity index (χ3n) is 3.16. The second-order valence-corrected chi connectivity index (χ2v) is 7.91. The summed E-state index contributed by atoms with van der Waals surface area (Å²) in [7, 11) is -3.57. The van der Waals surface area contributed by atoms with Crippen LogP contribution in [-0.4, -0.2) is 25.2 Å². The molecule has 2 aromatic rings. The molecule has 6 nitrogen and oxygen atoms in total. The smallest absolute Gasteiger partial charge is 0.271 e. The van der Waals surface area contributed by atoms with Crippen molar-refractivity contribution in [3.8, 4) is 0 Å². The lowest BCUT2D eigenvalue weighted by molar-refractivity contribution is 0.603. The van der Waals surface area contributed by atoms with E-state index in [-0.39, 0.29) is 0 Å². The van der Waals surface area contributed by atoms with Crippen molar-refractivity contribution in [1.29, 1.82) is 0 Å². The number of thiophene rings is 1. The van der Waals surface area contributed by atoms with Gasteiger partial charge in [-0.05, 0) is 38.9 Å². The van der Waals surface area contributed by atoms with E-state index in [2.05, 4.69) is 20.2 Å². The molecular weight excluding hydrogens is 308 g/mol. The van der Waals surface area contributed by atoms with E-state index in [4.69, 9.17) is 0 Å². The molecule has 2 rings (SSSR count). The van der Waals surface area contributed by atoms with E-state index in [0.29, 0.717) is 27.8 Å². The molecule has 3 N–H and O–H groups in total. The fourth-order valence-electron chi connectivity index (χ4n) is 1.92. The highest BCUT2D eigenvalue weighted by atomic mass is 32.2. The van der Waals surface area contributed by atoms with Crippen LogP contribution in [-0.2, 0) is 16.6 Å². The summed E-state index contributed by atoms with van der Waals surface area (Å²) in [5.74, 6) is 0. The molecule has 0 aliphatic heterocycles. The highest BCUT2D eigenvalue weighted by molar-refractivity contribution is 7.94. The number of anilines is 1. The standard InChI is InChI=1S/C13H20N4O2S2/c1-5-14-7-11-8(2)6-12(20-11)21(18,19)17-13-9(3)15-16-10(13)4/h6,14,17H,5,7H2,1-4H3,(H,15,16). The number of H-pyrrole nitrogens is 1. The fourth-order valence-corrected chi connectivity index (χ4v) is 4.66. The van der Waals surface area contributed by atoms with E-state index >= 15 is 0 Å². The SMILES string of the molecule is CCNCc1sc(S(=O)(=O)Nc2c(C)n[nH]c2C)cc1C. The second-order valence-electron chi connectivity index (χ2n) is 4.87. The Kier molecular flexibility index (Phi) is 4.70. The molecule has 0 bridgehead atoms. The Morgan fingerprint density at radius 1 is 1.33 bits per heavy atom. The Balaban J connectivity index is 2.28. The number of hydrogen-bond donors (Lipinski definition) is 3. The zero-order valence-electron chi connectivity index (χ0n) is 12.6. The van der Waals surface area contributed by atoms with Gasteiger partial charge in [-0.3, -0.25) is 9.82 Å². The molecular formula is C13H20N4O2S2. The predicted molar refractivity (Wildman–Crippen MR) is 85.3 cm³/mol. The van der Waals surface area contributed by atoms with Crippen LogP contribution in [0.4, 0.5) is 5.69 Å². The summed E-state index contributed by atoms with van der Waals surface area (Å²) in [6, 6.07) is 1.71. The van der Waals surface area contributed by atoms with Crippen LogP contribution in [0.15, 0.2) is 10.3 Å². The van der Waals surface area contributed by atoms with Crippen molar-refractivity contribution in [2.75, 3.05) is 11.3 Å². The van der Waals surface area contributed by atoms with Crippen molar-refractivity contribution < 1.29 is 8.42 Å². The van der Waals surface area contributed by atoms with Gasteiger partial charge in [0.05, 0.1) is 17.1 Å². The van der Waals surface area contributed by atoms with Crippen LogP contribution in [0.1, 0.15) is 28.8 Å². The van der Waals surface area contributed by atoms with Crippen LogP contribution in [0.3, 0.4) is 0 Å². The number of aromatic amines is 1. The molecule has 0 atom stereocenters. The third kappa shape index (κ3) is 3.45. The largest absolute Gasteiger partial charge is 0.312 e. The molecule has 8 heteroatoms. The van der Waals surface area contributed by atoms with E-state index in [9.17, 15) is 8.42 Å². The fraction of sp³-hybridized carbons (Fsp3) is 0.462. The number of aromatic nitrogens is 2. The maximum atomic E-state index is 12.5. The number of rotatable bonds is 6. The van der Waals surface area contributed by atoms with Crippen LogP contribution >= 0.6 is 11.3 Å². The summed E-state index contributed by atoms with van der Waals surface area (Å²) in [5.41, 5.74) is 2.85. The lowest BCUT2D eigenvalue weighted by Crippen LogP contribution is -2.12. The summed E-state index contributed by atoms with van der Waals surface area (Å²) in [6.45, 7) is 9.03. The van der Waals surface area contributed by atoms with Gasteiger partial charge in [0.1, 0.15) is 4.21 Å². The van der Waals surface area contributed by atoms with Crippen molar-refractivity contribution in [1.82, 2.24) is 15.5 Å². The molecule has 0 unspecified atom stereocenters. The Bertz CT molecular complexity index is 712. The highest BCUT2D eigenvalue weighted by Gasteiger charge is 2.21. The molecule has 0 radical (unpaired) electrons. The monoisotopic (exact) mass is 328 g/mol. The van der Waals surface area contributed by atoms with Gasteiger partial charge < -0.3 is 5.32 Å². The molecule has 2 aromatic heterocycles. The minimum atomic E-state index is -3.57. The summed E-state index contributed by atoms with van der Waals surface area (Å²) in [5, 5.41) is 9.98. The minimum absolute atomic E-state index is 0.327. The average molecular weight is 328 g/mol. The van der Waals surface area contributed by atoms with Gasteiger partial charge in [-0.25, -0.2) is 8.42 Å². The first-order chi connectivity index (χ1) is 9.85. The van der Waals surface area contributed by atoms with Gasteiger partial charge in [0.2, 0.25) is 0 Å². The van der Waals surface area contributed by atoms with Crippen molar-refractivity contribution in [2.24, 2.45) is 0 Å². The Hall–Kier alpha value is -1.38. The van der Waals surface area contributed by atoms with Crippen LogP contribution in [0, 0.1) is 20.8 Å². The Morgan fingerprint density at radius 2 is 2.05 bits per heavy atom. The third-order valence-corrected chi connectivity index (χ3v) is 6.22. The molecule has 0 aliphatic carbocycles. The van der Waals surface area contributed by atoms with Gasteiger partial charge >= 0.3 is 0 Å². The first kappa shape index (κ1) is 16.0. The Labute approximate surface area is 129 Å². The minimum Gasteiger partial charge on any atom is -0.312 e. The van der Waals surface area contributed by atoms with Crippen molar-refractivity contribution in [3.63, 3.8) is 0 Å². The van der Waals surface area contributed by atoms with Crippen LogP contribution in [0.2, 0.25) is 0 Å². The molecule has 0 aromatic carbocycles. The normalized spacial score (nSPS) is 11.8. The molecule has 0 saturated heterocycles. The number of nitrogens with one attached hydrogen (secondary N) is 3. The lowest BCUT2D eigenvalue weighted by atomic mass is 10.3. The summed E-state index contributed by atoms with van der Waals surface area (Å²) < 4.78 is 27.9. The molecule has 0 aliphatic rings. The van der Waals surface area contributed by atoms with Crippen LogP contribution < -0.4 is 10.0 Å². The quantitative estimate of drug-likeness (QED) is 0.759. The van der Waals surface area contributed by atoms with Gasteiger partial charge in [-0.2, -0.15) is 5.10 Å². The maximum Gasteiger partial charge on any atom is 0.271 e. The van der Waals surface area contributed by atoms with Gasteiger partial charge in [-0.15, -0.1) is 11.3 Å². The van der Waals surface area contributed by atoms with Crippen molar-refractivity contribution in [3.05, 3.63) is 27.9 Å². The second kappa shape index (κ2) is 6.17. The number of aryl methyl sites for hydroxylation is 3. The molecule has 0 spiro atoms. The molecule has 21 heavy (non-hydrogen) atoms. The summed E-state index contributed by atoms with van der Waals surface area (Å²) in [6.07, 6.45) is 0. The molecule has 0 fully saturated rings. The summed E-state index contributed by atoms with van der Waals surface area (Å²) in [4.78, 5) is 1.04. The number of hydrogen-bond acceptors (Lipinski definition) is 5. The first-order valence-electron chi connectivity index (χ1n) is 6.69. The molecule has 0 amide bonds. The first-order valence-corrected chi connectivity index (χ1v) is 8.99. The van der Waals surface area contributed by atoms with E-state index in [1.165, 1.54) is 11.3 Å². The van der Waals surface area contributed by atoms with Crippen molar-refractivity contribution in [2.45, 2.75) is 38.4 Å². The van der Waals surface area contributed by atoms with Gasteiger partial charge in [0.25, 0.3) is 10.0 Å². The van der Waals surface area contributed by atoms with E-state index in [1.807, 2.05) is 13.8 Å². The van der Waals surface area contributed by atoms with Crippen molar-refractivity contribution >= 4 is 27.0 Å². The molecule has 0 saturated carbocycles. The lowest BCUT2D eigenvalue weighted by Gasteiger charge is -2.05. The molecule has 116 valence electrons. The van der Waals surface area contributed by atoms with Gasteiger partial charge in [0, 0.05) is 11.4 Å². The zero-order chi connectivity index (χ0) is 15.6. The zero-order valence-corrected chi connectivity index (χ0v) is 14.2. The molecule has 2 heterocycles.